The molecule has 2 amide bonds. The van der Waals surface area contributed by atoms with Gasteiger partial charge in [0, 0.05) is 31.3 Å². The minimum absolute atomic E-state index is 0.0743. The smallest absolute Gasteiger partial charge is 0.255 e. The first-order valence-electron chi connectivity index (χ1n) is 8.01. The molecule has 0 atom stereocenters. The third-order valence-electron chi connectivity index (χ3n) is 4.44. The lowest BCUT2D eigenvalue weighted by Gasteiger charge is -2.28. The number of carbonyl (C=O) groups excluding carboxylic acids is 2. The molecule has 0 radical (unpaired) electrons. The molecule has 0 spiro atoms. The van der Waals surface area contributed by atoms with Gasteiger partial charge in [-0.3, -0.25) is 9.59 Å². The molecular weight excluding hydrogens is 336 g/mol. The van der Waals surface area contributed by atoms with Crippen molar-refractivity contribution in [3.8, 4) is 0 Å². The largest absolute Gasteiger partial charge is 0.338 e. The lowest BCUT2D eigenvalue weighted by atomic mass is 9.99. The van der Waals surface area contributed by atoms with Crippen molar-refractivity contribution in [2.45, 2.75) is 19.9 Å². The highest BCUT2D eigenvalue weighted by molar-refractivity contribution is 7.00. The summed E-state index contributed by atoms with van der Waals surface area (Å²) in [6.45, 7) is 2.92. The van der Waals surface area contributed by atoms with E-state index in [9.17, 15) is 9.59 Å². The number of rotatable bonds is 2. The molecular formula is C18H16N4O2S. The van der Waals surface area contributed by atoms with E-state index in [1.54, 1.807) is 25.1 Å². The maximum absolute atomic E-state index is 12.5. The third-order valence-corrected chi connectivity index (χ3v) is 4.99. The van der Waals surface area contributed by atoms with E-state index in [0.717, 1.165) is 47.0 Å². The second-order valence-corrected chi connectivity index (χ2v) is 6.62. The molecule has 4 rings (SSSR count). The molecule has 1 aliphatic rings. The predicted octanol–water partition coefficient (Wildman–Crippen LogP) is 2.85. The third kappa shape index (κ3) is 3.10. The lowest BCUT2D eigenvalue weighted by Crippen LogP contribution is -2.34. The topological polar surface area (TPSA) is 75.2 Å². The molecule has 1 N–H and O–H groups in total. The first-order valence-corrected chi connectivity index (χ1v) is 8.74. The van der Waals surface area contributed by atoms with E-state index < -0.39 is 0 Å². The molecule has 3 aromatic rings. The van der Waals surface area contributed by atoms with Crippen LogP contribution in [0.15, 0.2) is 36.4 Å². The summed E-state index contributed by atoms with van der Waals surface area (Å²) in [5.74, 6) is -0.112. The van der Waals surface area contributed by atoms with E-state index in [1.165, 1.54) is 5.56 Å². The van der Waals surface area contributed by atoms with Gasteiger partial charge in [0.15, 0.2) is 0 Å². The van der Waals surface area contributed by atoms with E-state index >= 15 is 0 Å². The van der Waals surface area contributed by atoms with Gasteiger partial charge in [0.05, 0.1) is 11.7 Å². The highest BCUT2D eigenvalue weighted by atomic mass is 32.1. The molecule has 1 aliphatic heterocycles. The maximum Gasteiger partial charge on any atom is 0.255 e. The molecule has 0 unspecified atom stereocenters. The molecule has 2 heterocycles. The van der Waals surface area contributed by atoms with Gasteiger partial charge in [-0.2, -0.15) is 8.75 Å². The van der Waals surface area contributed by atoms with Crippen molar-refractivity contribution in [1.29, 1.82) is 0 Å². The molecule has 25 heavy (non-hydrogen) atoms. The summed E-state index contributed by atoms with van der Waals surface area (Å²) in [4.78, 5) is 25.9. The second-order valence-electron chi connectivity index (χ2n) is 6.10. The first kappa shape index (κ1) is 15.7. The molecule has 126 valence electrons. The zero-order valence-electron chi connectivity index (χ0n) is 13.7. The molecule has 7 heteroatoms. The Morgan fingerprint density at radius 1 is 1.08 bits per heavy atom. The van der Waals surface area contributed by atoms with Crippen LogP contribution in [0.1, 0.15) is 28.4 Å². The summed E-state index contributed by atoms with van der Waals surface area (Å²) in [7, 11) is 0. The van der Waals surface area contributed by atoms with Gasteiger partial charge in [0.2, 0.25) is 5.91 Å². The zero-order valence-corrected chi connectivity index (χ0v) is 14.5. The Labute approximate surface area is 148 Å². The van der Waals surface area contributed by atoms with Crippen LogP contribution in [0.5, 0.6) is 0 Å². The summed E-state index contributed by atoms with van der Waals surface area (Å²) in [6.07, 6.45) is 0.844. The molecule has 0 bridgehead atoms. The number of nitrogens with one attached hydrogen (secondary N) is 1. The van der Waals surface area contributed by atoms with Gasteiger partial charge in [-0.05, 0) is 47.9 Å². The van der Waals surface area contributed by atoms with Crippen molar-refractivity contribution in [1.82, 2.24) is 13.6 Å². The van der Waals surface area contributed by atoms with Gasteiger partial charge in [-0.15, -0.1) is 0 Å². The van der Waals surface area contributed by atoms with Crippen LogP contribution in [0, 0.1) is 0 Å². The van der Waals surface area contributed by atoms with Crippen molar-refractivity contribution < 1.29 is 9.59 Å². The second kappa shape index (κ2) is 6.25. The van der Waals surface area contributed by atoms with Gasteiger partial charge < -0.3 is 10.2 Å². The number of nitrogens with zero attached hydrogens (tertiary/aromatic N) is 3. The number of aromatic nitrogens is 2. The number of amides is 2. The molecule has 1 aromatic heterocycles. The molecule has 0 saturated heterocycles. The van der Waals surface area contributed by atoms with Gasteiger partial charge in [-0.25, -0.2) is 0 Å². The Balaban J connectivity index is 1.55. The van der Waals surface area contributed by atoms with Crippen LogP contribution in [-0.2, 0) is 17.8 Å². The van der Waals surface area contributed by atoms with Gasteiger partial charge in [-0.1, -0.05) is 6.07 Å². The Hall–Kier alpha value is -2.80. The van der Waals surface area contributed by atoms with E-state index in [0.29, 0.717) is 12.1 Å². The maximum atomic E-state index is 12.5. The average Bonchev–Trinajstić information content (AvgIpc) is 3.08. The number of anilines is 1. The number of fused-ring (bicyclic) bond motifs is 2. The molecule has 0 fully saturated rings. The van der Waals surface area contributed by atoms with Crippen molar-refractivity contribution in [3.05, 3.63) is 53.1 Å². The molecule has 0 saturated carbocycles. The fourth-order valence-electron chi connectivity index (χ4n) is 3.03. The minimum atomic E-state index is -0.186. The van der Waals surface area contributed by atoms with Crippen molar-refractivity contribution in [3.63, 3.8) is 0 Å². The van der Waals surface area contributed by atoms with E-state index in [1.807, 2.05) is 23.1 Å². The molecule has 0 aliphatic carbocycles. The van der Waals surface area contributed by atoms with E-state index in [4.69, 9.17) is 0 Å². The van der Waals surface area contributed by atoms with Crippen LogP contribution in [0.2, 0.25) is 0 Å². The predicted molar refractivity (Wildman–Crippen MR) is 96.6 cm³/mol. The van der Waals surface area contributed by atoms with E-state index in [2.05, 4.69) is 14.1 Å². The Morgan fingerprint density at radius 2 is 1.92 bits per heavy atom. The number of hydrogen-bond acceptors (Lipinski definition) is 5. The summed E-state index contributed by atoms with van der Waals surface area (Å²) >= 11 is 1.13. The normalized spacial score (nSPS) is 13.6. The Kier molecular flexibility index (Phi) is 3.93. The highest BCUT2D eigenvalue weighted by Gasteiger charge is 2.18. The Bertz CT molecular complexity index is 982. The lowest BCUT2D eigenvalue weighted by molar-refractivity contribution is -0.129. The van der Waals surface area contributed by atoms with Gasteiger partial charge in [0.1, 0.15) is 11.0 Å². The summed E-state index contributed by atoms with van der Waals surface area (Å²) in [5, 5.41) is 2.92. The van der Waals surface area contributed by atoms with E-state index in [-0.39, 0.29) is 11.8 Å². The summed E-state index contributed by atoms with van der Waals surface area (Å²) in [5.41, 5.74) is 5.10. The van der Waals surface area contributed by atoms with Crippen LogP contribution < -0.4 is 5.32 Å². The zero-order chi connectivity index (χ0) is 17.4. The number of carbonyl (C=O) groups is 2. The fourth-order valence-corrected chi connectivity index (χ4v) is 3.55. The van der Waals surface area contributed by atoms with Gasteiger partial charge >= 0.3 is 0 Å². The minimum Gasteiger partial charge on any atom is -0.338 e. The number of benzene rings is 2. The van der Waals surface area contributed by atoms with Crippen LogP contribution in [0.4, 0.5) is 5.69 Å². The Morgan fingerprint density at radius 3 is 2.76 bits per heavy atom. The fraction of sp³-hybridized carbons (Fsp3) is 0.222. The first-order chi connectivity index (χ1) is 12.1. The monoisotopic (exact) mass is 352 g/mol. The van der Waals surface area contributed by atoms with Gasteiger partial charge in [0.25, 0.3) is 5.91 Å². The highest BCUT2D eigenvalue weighted by Crippen LogP contribution is 2.23. The summed E-state index contributed by atoms with van der Waals surface area (Å²) < 4.78 is 8.30. The van der Waals surface area contributed by atoms with Crippen molar-refractivity contribution >= 4 is 40.3 Å². The van der Waals surface area contributed by atoms with Crippen LogP contribution >= 0.6 is 11.7 Å². The van der Waals surface area contributed by atoms with Crippen molar-refractivity contribution in [2.75, 3.05) is 11.9 Å². The van der Waals surface area contributed by atoms with Crippen molar-refractivity contribution in [2.24, 2.45) is 0 Å². The number of hydrogen-bond donors (Lipinski definition) is 1. The van der Waals surface area contributed by atoms with Crippen LogP contribution in [-0.4, -0.2) is 32.0 Å². The van der Waals surface area contributed by atoms with Crippen LogP contribution in [0.25, 0.3) is 11.0 Å². The standard InChI is InChI=1S/C18H16N4O2S/c1-11(23)22-7-6-12-2-4-15(8-14(12)10-22)19-18(24)13-3-5-16-17(9-13)21-25-20-16/h2-5,8-9H,6-7,10H2,1H3,(H,19,24). The quantitative estimate of drug-likeness (QED) is 0.769. The van der Waals surface area contributed by atoms with Crippen LogP contribution in [0.3, 0.4) is 0 Å². The average molecular weight is 352 g/mol. The molecule has 6 nitrogen and oxygen atoms in total. The molecule has 2 aromatic carbocycles. The SMILES string of the molecule is CC(=O)N1CCc2ccc(NC(=O)c3ccc4nsnc4c3)cc2C1. The summed E-state index contributed by atoms with van der Waals surface area (Å²) in [6, 6.07) is 11.2.